The second kappa shape index (κ2) is 9.32. The molecular formula is C21H22FN3O2S. The van der Waals surface area contributed by atoms with Crippen LogP contribution in [0.2, 0.25) is 0 Å². The van der Waals surface area contributed by atoms with Crippen LogP contribution < -0.4 is 10.0 Å². The Balaban J connectivity index is 1.49. The molecule has 0 unspecified atom stereocenters. The maximum absolute atomic E-state index is 13.6. The number of anilines is 2. The molecule has 0 atom stereocenters. The molecule has 0 aliphatic rings. The van der Waals surface area contributed by atoms with Crippen molar-refractivity contribution in [2.45, 2.75) is 19.4 Å². The topological polar surface area (TPSA) is 71.1 Å². The molecule has 3 aromatic rings. The average Bonchev–Trinajstić information content (AvgIpc) is 2.69. The van der Waals surface area contributed by atoms with E-state index in [4.69, 9.17) is 0 Å². The summed E-state index contributed by atoms with van der Waals surface area (Å²) in [7, 11) is -3.44. The van der Waals surface area contributed by atoms with Crippen molar-refractivity contribution in [3.8, 4) is 0 Å². The molecule has 3 rings (SSSR count). The quantitative estimate of drug-likeness (QED) is 0.566. The maximum Gasteiger partial charge on any atom is 0.232 e. The van der Waals surface area contributed by atoms with Crippen molar-refractivity contribution in [1.29, 1.82) is 0 Å². The molecule has 146 valence electrons. The highest BCUT2D eigenvalue weighted by atomic mass is 32.2. The number of hydrogen-bond acceptors (Lipinski definition) is 4. The highest BCUT2D eigenvalue weighted by Gasteiger charge is 2.11. The van der Waals surface area contributed by atoms with Gasteiger partial charge in [-0.05, 0) is 36.6 Å². The lowest BCUT2D eigenvalue weighted by atomic mass is 10.1. The van der Waals surface area contributed by atoms with Gasteiger partial charge in [-0.2, -0.15) is 0 Å². The summed E-state index contributed by atoms with van der Waals surface area (Å²) in [5.74, 6) is 0.292. The first kappa shape index (κ1) is 19.8. The molecule has 28 heavy (non-hydrogen) atoms. The van der Waals surface area contributed by atoms with Crippen molar-refractivity contribution < 1.29 is 12.8 Å². The molecule has 0 radical (unpaired) electrons. The second-order valence-electron chi connectivity index (χ2n) is 6.39. The summed E-state index contributed by atoms with van der Waals surface area (Å²) < 4.78 is 40.6. The first-order chi connectivity index (χ1) is 13.5. The van der Waals surface area contributed by atoms with Gasteiger partial charge in [0.1, 0.15) is 11.6 Å². The normalized spacial score (nSPS) is 11.2. The molecule has 0 saturated carbocycles. The predicted molar refractivity (Wildman–Crippen MR) is 110 cm³/mol. The predicted octanol–water partition coefficient (Wildman–Crippen LogP) is 4.21. The zero-order chi connectivity index (χ0) is 19.8. The van der Waals surface area contributed by atoms with Gasteiger partial charge >= 0.3 is 0 Å². The molecule has 0 fully saturated rings. The lowest BCUT2D eigenvalue weighted by Crippen LogP contribution is -2.17. The van der Waals surface area contributed by atoms with Gasteiger partial charge in [0, 0.05) is 12.1 Å². The SMILES string of the molecule is O=S(=O)(CCCc1ccccc1)Nc1ccc(NCc2ccccc2F)nc1. The first-order valence-corrected chi connectivity index (χ1v) is 10.6. The highest BCUT2D eigenvalue weighted by Crippen LogP contribution is 2.14. The largest absolute Gasteiger partial charge is 0.366 e. The number of pyridine rings is 1. The average molecular weight is 399 g/mol. The fourth-order valence-electron chi connectivity index (χ4n) is 2.73. The van der Waals surface area contributed by atoms with Crippen LogP contribution in [0.3, 0.4) is 0 Å². The van der Waals surface area contributed by atoms with Gasteiger partial charge in [0.05, 0.1) is 17.6 Å². The van der Waals surface area contributed by atoms with E-state index in [1.165, 1.54) is 12.3 Å². The monoisotopic (exact) mass is 399 g/mol. The smallest absolute Gasteiger partial charge is 0.232 e. The van der Waals surface area contributed by atoms with Crippen LogP contribution in [0, 0.1) is 5.82 Å². The number of halogens is 1. The van der Waals surface area contributed by atoms with Crippen molar-refractivity contribution in [3.05, 3.63) is 89.9 Å². The van der Waals surface area contributed by atoms with Crippen molar-refractivity contribution >= 4 is 21.5 Å². The molecule has 0 saturated heterocycles. The first-order valence-electron chi connectivity index (χ1n) is 8.99. The third kappa shape index (κ3) is 6.06. The van der Waals surface area contributed by atoms with Crippen LogP contribution in [0.4, 0.5) is 15.9 Å². The third-order valence-corrected chi connectivity index (χ3v) is 5.55. The fraction of sp³-hybridized carbons (Fsp3) is 0.190. The molecule has 0 aliphatic heterocycles. The van der Waals surface area contributed by atoms with Crippen LogP contribution in [-0.2, 0) is 23.0 Å². The number of aromatic nitrogens is 1. The molecule has 2 N–H and O–H groups in total. The van der Waals surface area contributed by atoms with Gasteiger partial charge in [0.15, 0.2) is 0 Å². The van der Waals surface area contributed by atoms with Crippen LogP contribution in [-0.4, -0.2) is 19.2 Å². The van der Waals surface area contributed by atoms with Crippen LogP contribution in [0.1, 0.15) is 17.5 Å². The van der Waals surface area contributed by atoms with Crippen molar-refractivity contribution in [3.63, 3.8) is 0 Å². The van der Waals surface area contributed by atoms with Crippen LogP contribution in [0.15, 0.2) is 72.9 Å². The van der Waals surface area contributed by atoms with E-state index in [1.54, 1.807) is 30.3 Å². The number of nitrogens with one attached hydrogen (secondary N) is 2. The lowest BCUT2D eigenvalue weighted by Gasteiger charge is -2.10. The van der Waals surface area contributed by atoms with Gasteiger partial charge in [0.2, 0.25) is 10.0 Å². The molecule has 2 aromatic carbocycles. The Bertz CT molecular complexity index is 994. The van der Waals surface area contributed by atoms with Gasteiger partial charge in [-0.3, -0.25) is 4.72 Å². The Morgan fingerprint density at radius 3 is 2.39 bits per heavy atom. The number of nitrogens with zero attached hydrogens (tertiary/aromatic N) is 1. The van der Waals surface area contributed by atoms with Crippen molar-refractivity contribution in [2.75, 3.05) is 15.8 Å². The minimum absolute atomic E-state index is 0.0369. The Kier molecular flexibility index (Phi) is 6.60. The summed E-state index contributed by atoms with van der Waals surface area (Å²) in [5.41, 5.74) is 2.05. The molecule has 0 bridgehead atoms. The summed E-state index contributed by atoms with van der Waals surface area (Å²) in [6.45, 7) is 0.296. The summed E-state index contributed by atoms with van der Waals surface area (Å²) in [6.07, 6.45) is 2.69. The van der Waals surface area contributed by atoms with E-state index in [2.05, 4.69) is 15.0 Å². The zero-order valence-electron chi connectivity index (χ0n) is 15.3. The van der Waals surface area contributed by atoms with Crippen LogP contribution in [0.25, 0.3) is 0 Å². The van der Waals surface area contributed by atoms with E-state index in [1.807, 2.05) is 30.3 Å². The molecule has 0 aliphatic carbocycles. The Labute approximate surface area is 164 Å². The summed E-state index contributed by atoms with van der Waals surface area (Å²) >= 11 is 0. The minimum Gasteiger partial charge on any atom is -0.366 e. The second-order valence-corrected chi connectivity index (χ2v) is 8.23. The third-order valence-electron chi connectivity index (χ3n) is 4.18. The summed E-state index contributed by atoms with van der Waals surface area (Å²) in [5, 5.41) is 3.02. The van der Waals surface area contributed by atoms with E-state index in [0.717, 1.165) is 5.56 Å². The van der Waals surface area contributed by atoms with E-state index in [-0.39, 0.29) is 11.6 Å². The van der Waals surface area contributed by atoms with Gasteiger partial charge in [-0.1, -0.05) is 48.5 Å². The van der Waals surface area contributed by atoms with Crippen LogP contribution in [0.5, 0.6) is 0 Å². The molecule has 0 spiro atoms. The molecule has 1 heterocycles. The number of benzene rings is 2. The van der Waals surface area contributed by atoms with Gasteiger partial charge in [-0.15, -0.1) is 0 Å². The minimum atomic E-state index is -3.44. The Morgan fingerprint density at radius 2 is 1.68 bits per heavy atom. The van der Waals surface area contributed by atoms with Gasteiger partial charge in [0.25, 0.3) is 0 Å². The number of sulfonamides is 1. The molecular weight excluding hydrogens is 377 g/mol. The summed E-state index contributed by atoms with van der Waals surface area (Å²) in [4.78, 5) is 4.17. The number of aryl methyl sites for hydroxylation is 1. The zero-order valence-corrected chi connectivity index (χ0v) is 16.1. The summed E-state index contributed by atoms with van der Waals surface area (Å²) in [6, 6.07) is 19.6. The molecule has 5 nitrogen and oxygen atoms in total. The standard InChI is InChI=1S/C21H22FN3O2S/c22-20-11-5-4-10-18(20)15-23-21-13-12-19(16-24-21)25-28(26,27)14-6-9-17-7-2-1-3-8-17/h1-5,7-8,10-13,16,25H,6,9,14-15H2,(H,23,24). The van der Waals surface area contributed by atoms with Gasteiger partial charge < -0.3 is 5.32 Å². The van der Waals surface area contributed by atoms with E-state index in [0.29, 0.717) is 36.5 Å². The molecule has 0 amide bonds. The van der Waals surface area contributed by atoms with Crippen LogP contribution >= 0.6 is 0 Å². The molecule has 7 heteroatoms. The maximum atomic E-state index is 13.6. The lowest BCUT2D eigenvalue weighted by molar-refractivity contribution is 0.598. The van der Waals surface area contributed by atoms with Gasteiger partial charge in [-0.25, -0.2) is 17.8 Å². The van der Waals surface area contributed by atoms with E-state index in [9.17, 15) is 12.8 Å². The Morgan fingerprint density at radius 1 is 0.929 bits per heavy atom. The Hall–Kier alpha value is -2.93. The van der Waals surface area contributed by atoms with Crippen molar-refractivity contribution in [1.82, 2.24) is 4.98 Å². The number of rotatable bonds is 9. The fourth-order valence-corrected chi connectivity index (χ4v) is 3.83. The number of hydrogen-bond donors (Lipinski definition) is 2. The molecule has 1 aromatic heterocycles. The van der Waals surface area contributed by atoms with E-state index >= 15 is 0 Å². The highest BCUT2D eigenvalue weighted by molar-refractivity contribution is 7.92. The van der Waals surface area contributed by atoms with Crippen molar-refractivity contribution in [2.24, 2.45) is 0 Å². The van der Waals surface area contributed by atoms with E-state index < -0.39 is 10.0 Å².